The predicted molar refractivity (Wildman–Crippen MR) is 130 cm³/mol. The van der Waals surface area contributed by atoms with Gasteiger partial charge >= 0.3 is 6.18 Å². The molecule has 3 aromatic rings. The molecule has 0 aliphatic carbocycles. The topological polar surface area (TPSA) is 70.5 Å². The van der Waals surface area contributed by atoms with Crippen molar-refractivity contribution in [2.24, 2.45) is 0 Å². The highest BCUT2D eigenvalue weighted by Crippen LogP contribution is 2.34. The Kier molecular flexibility index (Phi) is 7.84. The first-order valence-electron chi connectivity index (χ1n) is 11.5. The first kappa shape index (κ1) is 25.2. The fraction of sp³-hybridized carbons (Fsp3) is 0.269. The maximum atomic E-state index is 13.1. The highest BCUT2D eigenvalue weighted by molar-refractivity contribution is 5.93. The lowest BCUT2D eigenvalue weighted by atomic mass is 10.1. The monoisotopic (exact) mass is 497 g/mol. The Hall–Kier alpha value is -3.92. The van der Waals surface area contributed by atoms with E-state index in [4.69, 9.17) is 0 Å². The highest BCUT2D eigenvalue weighted by Gasteiger charge is 2.33. The minimum Gasteiger partial charge on any atom is -0.337 e. The summed E-state index contributed by atoms with van der Waals surface area (Å²) in [4.78, 5) is 28.4. The van der Waals surface area contributed by atoms with Crippen LogP contribution in [0.4, 0.5) is 18.9 Å². The van der Waals surface area contributed by atoms with E-state index in [1.165, 1.54) is 24.3 Å². The molecule has 1 N–H and O–H groups in total. The number of nitrogens with one attached hydrogen (secondary N) is 1. The van der Waals surface area contributed by atoms with Crippen LogP contribution in [0.2, 0.25) is 0 Å². The van der Waals surface area contributed by atoms with Gasteiger partial charge in [0.2, 0.25) is 11.8 Å². The van der Waals surface area contributed by atoms with Gasteiger partial charge in [-0.1, -0.05) is 42.5 Å². The Morgan fingerprint density at radius 2 is 1.67 bits per heavy atom. The number of anilines is 1. The summed E-state index contributed by atoms with van der Waals surface area (Å²) in [5.74, 6) is -0.673. The van der Waals surface area contributed by atoms with Crippen molar-refractivity contribution in [2.75, 3.05) is 38.0 Å². The zero-order valence-corrected chi connectivity index (χ0v) is 19.5. The molecule has 2 heterocycles. The van der Waals surface area contributed by atoms with E-state index in [9.17, 15) is 22.8 Å². The second-order valence-corrected chi connectivity index (χ2v) is 8.48. The Balaban J connectivity index is 1.23. The summed E-state index contributed by atoms with van der Waals surface area (Å²) in [7, 11) is 0. The standard InChI is InChI=1S/C26H26F3N5O2/c27-26(28,29)22-8-4-5-9-23(22)31-24(35)19-32-12-14-33(15-13-32)25(36)11-10-21-16-30-34(18-21)17-20-6-2-1-3-7-20/h1-11,16,18H,12-15,17,19H2,(H,31,35)/b11-10+. The fourth-order valence-corrected chi connectivity index (χ4v) is 3.95. The molecule has 1 saturated heterocycles. The van der Waals surface area contributed by atoms with E-state index in [2.05, 4.69) is 10.4 Å². The number of benzene rings is 2. The van der Waals surface area contributed by atoms with E-state index in [1.807, 2.05) is 41.4 Å². The number of nitrogens with zero attached hydrogens (tertiary/aromatic N) is 4. The Labute approximate surface area is 206 Å². The largest absolute Gasteiger partial charge is 0.418 e. The molecule has 0 atom stereocenters. The molecule has 2 amide bonds. The van der Waals surface area contributed by atoms with Crippen molar-refractivity contribution in [1.29, 1.82) is 0 Å². The Morgan fingerprint density at radius 3 is 2.39 bits per heavy atom. The number of hydrogen-bond donors (Lipinski definition) is 1. The van der Waals surface area contributed by atoms with Gasteiger partial charge in [-0.15, -0.1) is 0 Å². The number of alkyl halides is 3. The third-order valence-electron chi connectivity index (χ3n) is 5.82. The van der Waals surface area contributed by atoms with Gasteiger partial charge in [0.15, 0.2) is 0 Å². The number of rotatable bonds is 7. The minimum atomic E-state index is -4.55. The van der Waals surface area contributed by atoms with Crippen molar-refractivity contribution >= 4 is 23.6 Å². The molecule has 7 nitrogen and oxygen atoms in total. The molecule has 1 aromatic heterocycles. The van der Waals surface area contributed by atoms with E-state index < -0.39 is 17.6 Å². The predicted octanol–water partition coefficient (Wildman–Crippen LogP) is 3.75. The molecule has 188 valence electrons. The number of carbonyl (C=O) groups excluding carboxylic acids is 2. The van der Waals surface area contributed by atoms with Crippen molar-refractivity contribution in [3.8, 4) is 0 Å². The molecule has 1 aliphatic heterocycles. The Bertz CT molecular complexity index is 1220. The number of aromatic nitrogens is 2. The summed E-state index contributed by atoms with van der Waals surface area (Å²) in [5.41, 5.74) is 0.796. The summed E-state index contributed by atoms with van der Waals surface area (Å²) in [6.07, 6.45) is 2.23. The van der Waals surface area contributed by atoms with E-state index in [-0.39, 0.29) is 18.1 Å². The quantitative estimate of drug-likeness (QED) is 0.505. The van der Waals surface area contributed by atoms with Crippen LogP contribution < -0.4 is 5.32 Å². The molecule has 4 rings (SSSR count). The average Bonchev–Trinajstić information content (AvgIpc) is 3.30. The summed E-state index contributed by atoms with van der Waals surface area (Å²) < 4.78 is 41.2. The molecule has 0 radical (unpaired) electrons. The molecule has 0 saturated carbocycles. The molecule has 1 fully saturated rings. The van der Waals surface area contributed by atoms with Gasteiger partial charge in [0.1, 0.15) is 0 Å². The summed E-state index contributed by atoms with van der Waals surface area (Å²) in [5, 5.41) is 6.68. The molecule has 10 heteroatoms. The van der Waals surface area contributed by atoms with Crippen LogP contribution in [0.15, 0.2) is 73.1 Å². The van der Waals surface area contributed by atoms with Gasteiger partial charge in [-0.2, -0.15) is 18.3 Å². The number of amides is 2. The van der Waals surface area contributed by atoms with Crippen LogP contribution in [-0.4, -0.2) is 64.1 Å². The fourth-order valence-electron chi connectivity index (χ4n) is 3.95. The van der Waals surface area contributed by atoms with Crippen molar-refractivity contribution in [1.82, 2.24) is 19.6 Å². The third kappa shape index (κ3) is 6.82. The van der Waals surface area contributed by atoms with Crippen LogP contribution >= 0.6 is 0 Å². The van der Waals surface area contributed by atoms with Gasteiger partial charge in [0.05, 0.1) is 30.5 Å². The second-order valence-electron chi connectivity index (χ2n) is 8.48. The SMILES string of the molecule is O=C(CN1CCN(C(=O)/C=C/c2cnn(Cc3ccccc3)c2)CC1)Nc1ccccc1C(F)(F)F. The molecule has 2 aromatic carbocycles. The van der Waals surface area contributed by atoms with Gasteiger partial charge < -0.3 is 10.2 Å². The number of halogens is 3. The van der Waals surface area contributed by atoms with Gasteiger partial charge in [0, 0.05) is 44.0 Å². The zero-order valence-electron chi connectivity index (χ0n) is 19.5. The normalized spacial score (nSPS) is 14.8. The van der Waals surface area contributed by atoms with Crippen LogP contribution in [0.1, 0.15) is 16.7 Å². The third-order valence-corrected chi connectivity index (χ3v) is 5.82. The number of para-hydroxylation sites is 1. The van der Waals surface area contributed by atoms with Gasteiger partial charge in [0.25, 0.3) is 0 Å². The van der Waals surface area contributed by atoms with Crippen molar-refractivity contribution in [3.05, 3.63) is 89.8 Å². The van der Waals surface area contributed by atoms with Crippen molar-refractivity contribution in [3.63, 3.8) is 0 Å². The van der Waals surface area contributed by atoms with Crippen LogP contribution in [0, 0.1) is 0 Å². The molecule has 36 heavy (non-hydrogen) atoms. The van der Waals surface area contributed by atoms with E-state index in [0.717, 1.165) is 17.2 Å². The molecule has 1 aliphatic rings. The van der Waals surface area contributed by atoms with E-state index >= 15 is 0 Å². The molecular weight excluding hydrogens is 471 g/mol. The smallest absolute Gasteiger partial charge is 0.337 e. The average molecular weight is 498 g/mol. The van der Waals surface area contributed by atoms with Crippen molar-refractivity contribution in [2.45, 2.75) is 12.7 Å². The van der Waals surface area contributed by atoms with Gasteiger partial charge in [-0.3, -0.25) is 19.2 Å². The molecule has 0 bridgehead atoms. The lowest BCUT2D eigenvalue weighted by molar-refractivity contribution is -0.137. The van der Waals surface area contributed by atoms with E-state index in [0.29, 0.717) is 32.7 Å². The lowest BCUT2D eigenvalue weighted by Crippen LogP contribution is -2.50. The molecular formula is C26H26F3N5O2. The van der Waals surface area contributed by atoms with E-state index in [1.54, 1.807) is 21.9 Å². The molecule has 0 unspecified atom stereocenters. The zero-order chi connectivity index (χ0) is 25.5. The van der Waals surface area contributed by atoms with Gasteiger partial charge in [-0.25, -0.2) is 0 Å². The summed E-state index contributed by atoms with van der Waals surface area (Å²) in [6, 6.07) is 14.8. The van der Waals surface area contributed by atoms with Crippen LogP contribution in [0.5, 0.6) is 0 Å². The first-order chi connectivity index (χ1) is 17.3. The van der Waals surface area contributed by atoms with Crippen LogP contribution in [-0.2, 0) is 22.3 Å². The highest BCUT2D eigenvalue weighted by atomic mass is 19.4. The maximum Gasteiger partial charge on any atom is 0.418 e. The number of piperazine rings is 1. The Morgan fingerprint density at radius 1 is 0.972 bits per heavy atom. The number of hydrogen-bond acceptors (Lipinski definition) is 4. The number of carbonyl (C=O) groups is 2. The lowest BCUT2D eigenvalue weighted by Gasteiger charge is -2.33. The first-order valence-corrected chi connectivity index (χ1v) is 11.5. The van der Waals surface area contributed by atoms with Crippen LogP contribution in [0.25, 0.3) is 6.08 Å². The molecule has 0 spiro atoms. The van der Waals surface area contributed by atoms with Crippen LogP contribution in [0.3, 0.4) is 0 Å². The maximum absolute atomic E-state index is 13.1. The van der Waals surface area contributed by atoms with Crippen molar-refractivity contribution < 1.29 is 22.8 Å². The minimum absolute atomic E-state index is 0.0509. The van der Waals surface area contributed by atoms with Gasteiger partial charge in [-0.05, 0) is 23.8 Å². The summed E-state index contributed by atoms with van der Waals surface area (Å²) in [6.45, 7) is 2.32. The summed E-state index contributed by atoms with van der Waals surface area (Å²) >= 11 is 0. The second kappa shape index (κ2) is 11.2.